The molecule has 0 aliphatic carbocycles. The SMILES string of the molecule is Cc1ccccc1CNC(=O)c1sc(Nc2ccc(F)c(Cl)c2)nc1C. The van der Waals surface area contributed by atoms with Crippen molar-refractivity contribution in [3.8, 4) is 0 Å². The number of hydrogen-bond acceptors (Lipinski definition) is 4. The van der Waals surface area contributed by atoms with Crippen LogP contribution in [-0.2, 0) is 6.54 Å². The van der Waals surface area contributed by atoms with Crippen LogP contribution in [0.1, 0.15) is 26.5 Å². The zero-order chi connectivity index (χ0) is 18.7. The molecule has 0 radical (unpaired) electrons. The van der Waals surface area contributed by atoms with Crippen molar-refractivity contribution in [2.75, 3.05) is 5.32 Å². The van der Waals surface area contributed by atoms with Gasteiger partial charge in [-0.3, -0.25) is 4.79 Å². The van der Waals surface area contributed by atoms with E-state index in [0.29, 0.717) is 27.9 Å². The lowest BCUT2D eigenvalue weighted by Crippen LogP contribution is -2.22. The predicted molar refractivity (Wildman–Crippen MR) is 104 cm³/mol. The van der Waals surface area contributed by atoms with Crippen LogP contribution in [-0.4, -0.2) is 10.9 Å². The highest BCUT2D eigenvalue weighted by Crippen LogP contribution is 2.27. The molecule has 1 amide bonds. The van der Waals surface area contributed by atoms with E-state index in [2.05, 4.69) is 15.6 Å². The number of aromatic nitrogens is 1. The molecule has 0 saturated heterocycles. The van der Waals surface area contributed by atoms with E-state index in [1.807, 2.05) is 31.2 Å². The van der Waals surface area contributed by atoms with Gasteiger partial charge in [0, 0.05) is 12.2 Å². The van der Waals surface area contributed by atoms with Gasteiger partial charge in [0.05, 0.1) is 10.7 Å². The molecule has 2 aromatic carbocycles. The minimum absolute atomic E-state index is 0.0273. The third kappa shape index (κ3) is 4.20. The summed E-state index contributed by atoms with van der Waals surface area (Å²) in [6.07, 6.45) is 0. The third-order valence-corrected chi connectivity index (χ3v) is 5.24. The average molecular weight is 390 g/mol. The van der Waals surface area contributed by atoms with Crippen molar-refractivity contribution >= 4 is 39.7 Å². The van der Waals surface area contributed by atoms with Gasteiger partial charge in [0.25, 0.3) is 5.91 Å². The molecule has 1 aromatic heterocycles. The molecule has 0 atom stereocenters. The topological polar surface area (TPSA) is 54.0 Å². The van der Waals surface area contributed by atoms with Crippen LogP contribution in [0.4, 0.5) is 15.2 Å². The molecule has 7 heteroatoms. The average Bonchev–Trinajstić information content (AvgIpc) is 2.97. The van der Waals surface area contributed by atoms with Gasteiger partial charge in [-0.1, -0.05) is 47.2 Å². The maximum Gasteiger partial charge on any atom is 0.263 e. The van der Waals surface area contributed by atoms with E-state index in [-0.39, 0.29) is 10.9 Å². The Hall–Kier alpha value is -2.44. The fourth-order valence-corrected chi connectivity index (χ4v) is 3.51. The summed E-state index contributed by atoms with van der Waals surface area (Å²) in [6.45, 7) is 4.25. The maximum absolute atomic E-state index is 13.2. The Labute approximate surface area is 160 Å². The summed E-state index contributed by atoms with van der Waals surface area (Å²) in [5.74, 6) is -0.655. The molecule has 0 saturated carbocycles. The maximum atomic E-state index is 13.2. The van der Waals surface area contributed by atoms with Crippen LogP contribution in [0.15, 0.2) is 42.5 Å². The Morgan fingerprint density at radius 3 is 2.73 bits per heavy atom. The Balaban J connectivity index is 1.70. The van der Waals surface area contributed by atoms with Crippen molar-refractivity contribution in [3.05, 3.63) is 75.0 Å². The molecule has 0 bridgehead atoms. The summed E-state index contributed by atoms with van der Waals surface area (Å²) in [7, 11) is 0. The fourth-order valence-electron chi connectivity index (χ4n) is 2.42. The minimum Gasteiger partial charge on any atom is -0.347 e. The second kappa shape index (κ2) is 7.85. The number of benzene rings is 2. The number of amides is 1. The Morgan fingerprint density at radius 1 is 1.23 bits per heavy atom. The van der Waals surface area contributed by atoms with Gasteiger partial charge in [0.2, 0.25) is 0 Å². The van der Waals surface area contributed by atoms with Gasteiger partial charge < -0.3 is 10.6 Å². The lowest BCUT2D eigenvalue weighted by molar-refractivity contribution is 0.0954. The van der Waals surface area contributed by atoms with E-state index < -0.39 is 5.82 Å². The summed E-state index contributed by atoms with van der Waals surface area (Å²) in [5.41, 5.74) is 3.44. The molecule has 26 heavy (non-hydrogen) atoms. The highest BCUT2D eigenvalue weighted by molar-refractivity contribution is 7.17. The van der Waals surface area contributed by atoms with Gasteiger partial charge in [-0.15, -0.1) is 0 Å². The van der Waals surface area contributed by atoms with Crippen LogP contribution in [0.2, 0.25) is 5.02 Å². The second-order valence-electron chi connectivity index (χ2n) is 5.80. The van der Waals surface area contributed by atoms with Crippen LogP contribution in [0.3, 0.4) is 0 Å². The molecular formula is C19H17ClFN3OS. The number of anilines is 2. The summed E-state index contributed by atoms with van der Waals surface area (Å²) in [5, 5.41) is 6.55. The number of carbonyl (C=O) groups is 1. The van der Waals surface area contributed by atoms with E-state index in [4.69, 9.17) is 11.6 Å². The van der Waals surface area contributed by atoms with E-state index in [1.54, 1.807) is 13.0 Å². The fraction of sp³-hybridized carbons (Fsp3) is 0.158. The summed E-state index contributed by atoms with van der Waals surface area (Å²) < 4.78 is 13.2. The van der Waals surface area contributed by atoms with E-state index >= 15 is 0 Å². The predicted octanol–water partition coefficient (Wildman–Crippen LogP) is 5.23. The molecule has 0 unspecified atom stereocenters. The largest absolute Gasteiger partial charge is 0.347 e. The standard InChI is InChI=1S/C19H17ClFN3OS/c1-11-5-3-4-6-13(11)10-22-18(25)17-12(2)23-19(26-17)24-14-7-8-16(21)15(20)9-14/h3-9H,10H2,1-2H3,(H,22,25)(H,23,24). The highest BCUT2D eigenvalue weighted by Gasteiger charge is 2.16. The van der Waals surface area contributed by atoms with Gasteiger partial charge >= 0.3 is 0 Å². The first-order chi connectivity index (χ1) is 12.4. The molecule has 3 aromatic rings. The smallest absolute Gasteiger partial charge is 0.263 e. The van der Waals surface area contributed by atoms with Gasteiger partial charge in [0.15, 0.2) is 5.13 Å². The molecule has 4 nitrogen and oxygen atoms in total. The zero-order valence-electron chi connectivity index (χ0n) is 14.3. The van der Waals surface area contributed by atoms with E-state index in [1.165, 1.54) is 23.5 Å². The molecule has 0 aliphatic rings. The van der Waals surface area contributed by atoms with Gasteiger partial charge in [-0.05, 0) is 43.2 Å². The Morgan fingerprint density at radius 2 is 2.00 bits per heavy atom. The summed E-state index contributed by atoms with van der Waals surface area (Å²) >= 11 is 7.02. The van der Waals surface area contributed by atoms with Gasteiger partial charge in [-0.25, -0.2) is 9.37 Å². The third-order valence-electron chi connectivity index (χ3n) is 3.87. The van der Waals surface area contributed by atoms with Gasteiger partial charge in [0.1, 0.15) is 10.7 Å². The van der Waals surface area contributed by atoms with Crippen molar-refractivity contribution in [1.82, 2.24) is 10.3 Å². The quantitative estimate of drug-likeness (QED) is 0.628. The molecule has 2 N–H and O–H groups in total. The van der Waals surface area contributed by atoms with Crippen LogP contribution in [0.25, 0.3) is 0 Å². The molecular weight excluding hydrogens is 373 g/mol. The van der Waals surface area contributed by atoms with Crippen molar-refractivity contribution in [3.63, 3.8) is 0 Å². The first-order valence-corrected chi connectivity index (χ1v) is 9.15. The summed E-state index contributed by atoms with van der Waals surface area (Å²) in [4.78, 5) is 17.4. The van der Waals surface area contributed by atoms with Crippen LogP contribution in [0, 0.1) is 19.7 Å². The normalized spacial score (nSPS) is 10.6. The Kier molecular flexibility index (Phi) is 5.54. The molecule has 3 rings (SSSR count). The van der Waals surface area contributed by atoms with Crippen molar-refractivity contribution in [1.29, 1.82) is 0 Å². The number of nitrogens with one attached hydrogen (secondary N) is 2. The number of nitrogens with zero attached hydrogens (tertiary/aromatic N) is 1. The zero-order valence-corrected chi connectivity index (χ0v) is 15.8. The van der Waals surface area contributed by atoms with Crippen LogP contribution in [0.5, 0.6) is 0 Å². The Bertz CT molecular complexity index is 958. The molecule has 0 aliphatic heterocycles. The van der Waals surface area contributed by atoms with Crippen molar-refractivity contribution in [2.24, 2.45) is 0 Å². The van der Waals surface area contributed by atoms with Crippen molar-refractivity contribution in [2.45, 2.75) is 20.4 Å². The number of aryl methyl sites for hydroxylation is 2. The monoisotopic (exact) mass is 389 g/mol. The minimum atomic E-state index is -0.483. The lowest BCUT2D eigenvalue weighted by atomic mass is 10.1. The first kappa shape index (κ1) is 18.4. The number of rotatable bonds is 5. The highest BCUT2D eigenvalue weighted by atomic mass is 35.5. The van der Waals surface area contributed by atoms with E-state index in [0.717, 1.165) is 11.1 Å². The summed E-state index contributed by atoms with van der Waals surface area (Å²) in [6, 6.07) is 12.2. The molecule has 134 valence electrons. The van der Waals surface area contributed by atoms with Crippen LogP contribution < -0.4 is 10.6 Å². The number of carbonyl (C=O) groups excluding carboxylic acids is 1. The van der Waals surface area contributed by atoms with Crippen molar-refractivity contribution < 1.29 is 9.18 Å². The van der Waals surface area contributed by atoms with E-state index in [9.17, 15) is 9.18 Å². The number of thiazole rings is 1. The molecule has 0 spiro atoms. The second-order valence-corrected chi connectivity index (χ2v) is 7.20. The lowest BCUT2D eigenvalue weighted by Gasteiger charge is -2.07. The number of hydrogen-bond donors (Lipinski definition) is 2. The van der Waals surface area contributed by atoms with Gasteiger partial charge in [-0.2, -0.15) is 0 Å². The number of halogens is 2. The van der Waals surface area contributed by atoms with Crippen LogP contribution >= 0.6 is 22.9 Å². The first-order valence-electron chi connectivity index (χ1n) is 7.96. The molecule has 0 fully saturated rings. The molecule has 1 heterocycles.